The molecule has 0 fully saturated rings. The summed E-state index contributed by atoms with van der Waals surface area (Å²) >= 11 is 6.08. The van der Waals surface area contributed by atoms with Crippen LogP contribution in [0.2, 0.25) is 0 Å². The van der Waals surface area contributed by atoms with Gasteiger partial charge in [0.2, 0.25) is 0 Å². The van der Waals surface area contributed by atoms with Crippen LogP contribution in [0.15, 0.2) is 48.5 Å². The van der Waals surface area contributed by atoms with E-state index in [1.165, 1.54) is 0 Å². The fraction of sp³-hybridized carbons (Fsp3) is 0.143. The molecule has 2 rings (SSSR count). The highest BCUT2D eigenvalue weighted by Gasteiger charge is 2.12. The van der Waals surface area contributed by atoms with Crippen molar-refractivity contribution in [1.82, 2.24) is 0 Å². The summed E-state index contributed by atoms with van der Waals surface area (Å²) in [6.07, 6.45) is 0. The highest BCUT2D eigenvalue weighted by Crippen LogP contribution is 2.45. The Bertz CT molecular complexity index is 515. The standard InChI is InChI=1S/C14H14ClO4P/c1-16-11-5-3-7-13(9-11)18-20(15)19-14-8-4-6-12(10-14)17-2/h3-10H,1-2H3. The first-order valence-electron chi connectivity index (χ1n) is 5.81. The minimum absolute atomic E-state index is 0.591. The molecule has 0 N–H and O–H groups in total. The van der Waals surface area contributed by atoms with Gasteiger partial charge in [-0.3, -0.25) is 0 Å². The summed E-state index contributed by atoms with van der Waals surface area (Å²) in [4.78, 5) is 0. The Hall–Kier alpha value is -1.64. The molecule has 0 aliphatic carbocycles. The Morgan fingerprint density at radius 3 is 1.55 bits per heavy atom. The predicted octanol–water partition coefficient (Wildman–Crippen LogP) is 4.63. The summed E-state index contributed by atoms with van der Waals surface area (Å²) < 4.78 is 21.3. The third-order valence-electron chi connectivity index (χ3n) is 2.44. The second-order valence-corrected chi connectivity index (χ2v) is 5.37. The first-order chi connectivity index (χ1) is 9.71. The molecule has 0 unspecified atom stereocenters. The Kier molecular flexibility index (Phi) is 5.33. The van der Waals surface area contributed by atoms with Crippen LogP contribution in [0.1, 0.15) is 0 Å². The van der Waals surface area contributed by atoms with E-state index in [0.717, 1.165) is 0 Å². The minimum atomic E-state index is -1.61. The van der Waals surface area contributed by atoms with Gasteiger partial charge >= 0.3 is 7.73 Å². The summed E-state index contributed by atoms with van der Waals surface area (Å²) in [5.74, 6) is 2.58. The van der Waals surface area contributed by atoms with Crippen molar-refractivity contribution in [2.45, 2.75) is 0 Å². The van der Waals surface area contributed by atoms with E-state index >= 15 is 0 Å². The van der Waals surface area contributed by atoms with Crippen LogP contribution in [0, 0.1) is 0 Å². The van der Waals surface area contributed by atoms with Crippen molar-refractivity contribution in [3.05, 3.63) is 48.5 Å². The largest absolute Gasteiger partial charge is 0.497 e. The van der Waals surface area contributed by atoms with E-state index in [2.05, 4.69) is 0 Å². The van der Waals surface area contributed by atoms with Crippen LogP contribution in [-0.4, -0.2) is 14.2 Å². The van der Waals surface area contributed by atoms with Gasteiger partial charge < -0.3 is 18.5 Å². The minimum Gasteiger partial charge on any atom is -0.497 e. The van der Waals surface area contributed by atoms with Crippen LogP contribution in [0.5, 0.6) is 23.0 Å². The molecule has 0 heterocycles. The number of halogens is 1. The topological polar surface area (TPSA) is 36.9 Å². The van der Waals surface area contributed by atoms with Gasteiger partial charge in [-0.15, -0.1) is 0 Å². The van der Waals surface area contributed by atoms with Crippen LogP contribution in [0.4, 0.5) is 0 Å². The molecule has 0 spiro atoms. The van der Waals surface area contributed by atoms with Crippen LogP contribution in [0.3, 0.4) is 0 Å². The third-order valence-corrected chi connectivity index (χ3v) is 3.56. The quantitative estimate of drug-likeness (QED) is 0.729. The fourth-order valence-electron chi connectivity index (χ4n) is 1.50. The van der Waals surface area contributed by atoms with Gasteiger partial charge in [-0.05, 0) is 35.5 Å². The molecule has 0 bridgehead atoms. The lowest BCUT2D eigenvalue weighted by atomic mass is 10.3. The second-order valence-electron chi connectivity index (χ2n) is 3.75. The van der Waals surface area contributed by atoms with Gasteiger partial charge in [0.1, 0.15) is 23.0 Å². The van der Waals surface area contributed by atoms with Gasteiger partial charge in [-0.2, -0.15) is 0 Å². The molecule has 0 aromatic heterocycles. The van der Waals surface area contributed by atoms with Crippen molar-refractivity contribution < 1.29 is 18.5 Å². The summed E-state index contributed by atoms with van der Waals surface area (Å²) in [5.41, 5.74) is 0. The van der Waals surface area contributed by atoms with E-state index in [0.29, 0.717) is 23.0 Å². The molecule has 2 aromatic carbocycles. The molecule has 4 nitrogen and oxygen atoms in total. The second kappa shape index (κ2) is 7.22. The highest BCUT2D eigenvalue weighted by atomic mass is 35.7. The molecular weight excluding hydrogens is 299 g/mol. The van der Waals surface area contributed by atoms with Crippen molar-refractivity contribution in [3.8, 4) is 23.0 Å². The lowest BCUT2D eigenvalue weighted by molar-refractivity contribution is 0.410. The smallest absolute Gasteiger partial charge is 0.401 e. The molecule has 20 heavy (non-hydrogen) atoms. The first-order valence-corrected chi connectivity index (χ1v) is 7.89. The van der Waals surface area contributed by atoms with Crippen molar-refractivity contribution in [2.24, 2.45) is 0 Å². The molecule has 2 aromatic rings. The predicted molar refractivity (Wildman–Crippen MR) is 80.0 cm³/mol. The van der Waals surface area contributed by atoms with Crippen molar-refractivity contribution in [3.63, 3.8) is 0 Å². The Morgan fingerprint density at radius 1 is 0.750 bits per heavy atom. The van der Waals surface area contributed by atoms with Gasteiger partial charge in [0.15, 0.2) is 0 Å². The molecule has 6 heteroatoms. The lowest BCUT2D eigenvalue weighted by Crippen LogP contribution is -1.92. The molecule has 0 saturated heterocycles. The zero-order chi connectivity index (χ0) is 14.4. The zero-order valence-electron chi connectivity index (χ0n) is 11.1. The van der Waals surface area contributed by atoms with Gasteiger partial charge in [-0.1, -0.05) is 12.1 Å². The van der Waals surface area contributed by atoms with Crippen LogP contribution >= 0.6 is 19.0 Å². The molecule has 0 aliphatic rings. The average Bonchev–Trinajstić information content (AvgIpc) is 2.47. The number of ether oxygens (including phenoxy) is 2. The van der Waals surface area contributed by atoms with E-state index in [1.54, 1.807) is 38.5 Å². The summed E-state index contributed by atoms with van der Waals surface area (Å²) in [5, 5.41) is 0. The number of methoxy groups -OCH3 is 2. The molecule has 0 aliphatic heterocycles. The van der Waals surface area contributed by atoms with E-state index in [-0.39, 0.29) is 0 Å². The first kappa shape index (κ1) is 14.8. The number of benzene rings is 2. The van der Waals surface area contributed by atoms with Crippen molar-refractivity contribution in [2.75, 3.05) is 14.2 Å². The zero-order valence-corrected chi connectivity index (χ0v) is 12.7. The number of hydrogen-bond acceptors (Lipinski definition) is 4. The molecule has 0 radical (unpaired) electrons. The SMILES string of the molecule is COc1cccc(OP(Cl)Oc2cccc(OC)c2)c1. The maximum absolute atomic E-state index is 6.08. The molecule has 0 amide bonds. The Morgan fingerprint density at radius 2 is 1.15 bits per heavy atom. The van der Waals surface area contributed by atoms with E-state index in [9.17, 15) is 0 Å². The molecule has 106 valence electrons. The van der Waals surface area contributed by atoms with Crippen molar-refractivity contribution in [1.29, 1.82) is 0 Å². The fourth-order valence-corrected chi connectivity index (χ4v) is 2.57. The number of hydrogen-bond donors (Lipinski definition) is 0. The van der Waals surface area contributed by atoms with E-state index in [1.807, 2.05) is 24.3 Å². The molecule has 0 atom stereocenters. The van der Waals surface area contributed by atoms with Crippen LogP contribution in [0.25, 0.3) is 0 Å². The van der Waals surface area contributed by atoms with Gasteiger partial charge in [0, 0.05) is 12.1 Å². The van der Waals surface area contributed by atoms with Crippen LogP contribution < -0.4 is 18.5 Å². The van der Waals surface area contributed by atoms with Gasteiger partial charge in [0.05, 0.1) is 14.2 Å². The Labute approximate surface area is 123 Å². The summed E-state index contributed by atoms with van der Waals surface area (Å²) in [6.45, 7) is 0. The summed E-state index contributed by atoms with van der Waals surface area (Å²) in [7, 11) is 1.58. The lowest BCUT2D eigenvalue weighted by Gasteiger charge is -2.13. The summed E-state index contributed by atoms with van der Waals surface area (Å²) in [6, 6.07) is 14.3. The van der Waals surface area contributed by atoms with E-state index in [4.69, 9.17) is 29.8 Å². The van der Waals surface area contributed by atoms with Crippen LogP contribution in [-0.2, 0) is 0 Å². The maximum atomic E-state index is 6.08. The molecule has 0 saturated carbocycles. The maximum Gasteiger partial charge on any atom is 0.401 e. The monoisotopic (exact) mass is 312 g/mol. The average molecular weight is 313 g/mol. The number of rotatable bonds is 6. The van der Waals surface area contributed by atoms with Gasteiger partial charge in [-0.25, -0.2) is 0 Å². The highest BCUT2D eigenvalue weighted by molar-refractivity contribution is 7.76. The normalized spacial score (nSPS) is 10.2. The Balaban J connectivity index is 1.99. The van der Waals surface area contributed by atoms with E-state index < -0.39 is 7.73 Å². The van der Waals surface area contributed by atoms with Crippen molar-refractivity contribution >= 4 is 19.0 Å². The third kappa shape index (κ3) is 4.19. The van der Waals surface area contributed by atoms with Gasteiger partial charge in [0.25, 0.3) is 0 Å². The molecular formula is C14H14ClO4P.